The molecule has 9 heteroatoms. The van der Waals surface area contributed by atoms with E-state index < -0.39 is 11.8 Å². The van der Waals surface area contributed by atoms with Crippen LogP contribution in [0.4, 0.5) is 8.78 Å². The molecule has 1 heterocycles. The van der Waals surface area contributed by atoms with Crippen molar-refractivity contribution in [2.75, 3.05) is 0 Å². The van der Waals surface area contributed by atoms with Crippen LogP contribution in [-0.2, 0) is 6.61 Å². The Kier molecular flexibility index (Phi) is 7.91. The maximum absolute atomic E-state index is 13.6. The van der Waals surface area contributed by atoms with E-state index in [-0.39, 0.29) is 37.4 Å². The van der Waals surface area contributed by atoms with Crippen LogP contribution in [0.15, 0.2) is 72.8 Å². The van der Waals surface area contributed by atoms with Crippen LogP contribution < -0.4 is 10.1 Å². The van der Waals surface area contributed by atoms with E-state index in [2.05, 4.69) is 10.3 Å². The van der Waals surface area contributed by atoms with Crippen LogP contribution in [0.3, 0.4) is 0 Å². The van der Waals surface area contributed by atoms with Crippen molar-refractivity contribution in [2.24, 2.45) is 0 Å². The first-order valence-corrected chi connectivity index (χ1v) is 13.5. The third kappa shape index (κ3) is 6.26. The van der Waals surface area contributed by atoms with Gasteiger partial charge in [0.05, 0.1) is 10.7 Å². The third-order valence-electron chi connectivity index (χ3n) is 6.89. The van der Waals surface area contributed by atoms with Crippen LogP contribution in [-0.4, -0.2) is 27.4 Å². The summed E-state index contributed by atoms with van der Waals surface area (Å²) in [5.74, 6) is -1.92. The van der Waals surface area contributed by atoms with Crippen LogP contribution in [0.2, 0.25) is 10.0 Å². The number of hydrogen-bond acceptors (Lipinski definition) is 3. The second-order valence-corrected chi connectivity index (χ2v) is 10.5. The number of amides is 1. The summed E-state index contributed by atoms with van der Waals surface area (Å²) in [6.45, 7) is 2.23. The van der Waals surface area contributed by atoms with E-state index in [9.17, 15) is 13.6 Å². The molecule has 5 nitrogen and oxygen atoms in total. The molecule has 1 aliphatic rings. The summed E-state index contributed by atoms with van der Waals surface area (Å²) >= 11 is 12.7. The fraction of sp³-hybridized carbons (Fsp3) is 0.267. The Morgan fingerprint density at radius 3 is 2.41 bits per heavy atom. The number of rotatable bonds is 7. The first-order chi connectivity index (χ1) is 18.7. The minimum atomic E-state index is -2.67. The van der Waals surface area contributed by atoms with Gasteiger partial charge < -0.3 is 10.1 Å². The zero-order chi connectivity index (χ0) is 27.6. The van der Waals surface area contributed by atoms with Gasteiger partial charge in [0.1, 0.15) is 23.9 Å². The molecule has 0 saturated heterocycles. The Labute approximate surface area is 235 Å². The van der Waals surface area contributed by atoms with Crippen molar-refractivity contribution < 1.29 is 18.3 Å². The van der Waals surface area contributed by atoms with E-state index in [1.165, 1.54) is 0 Å². The largest absolute Gasteiger partial charge is 0.489 e. The molecule has 0 spiro atoms. The maximum Gasteiger partial charge on any atom is 0.272 e. The molecule has 1 N–H and O–H groups in total. The van der Waals surface area contributed by atoms with Gasteiger partial charge >= 0.3 is 0 Å². The Morgan fingerprint density at radius 1 is 1.05 bits per heavy atom. The quantitative estimate of drug-likeness (QED) is 0.245. The van der Waals surface area contributed by atoms with Gasteiger partial charge in [-0.2, -0.15) is 0 Å². The monoisotopic (exact) mass is 569 g/mol. The number of nitrogens with one attached hydrogen (secondary N) is 1. The zero-order valence-corrected chi connectivity index (χ0v) is 22.8. The van der Waals surface area contributed by atoms with E-state index in [1.807, 2.05) is 59.2 Å². The molecule has 39 heavy (non-hydrogen) atoms. The average Bonchev–Trinajstić information content (AvgIpc) is 3.26. The van der Waals surface area contributed by atoms with E-state index in [0.29, 0.717) is 39.5 Å². The normalized spacial score (nSPS) is 15.2. The SMILES string of the molecule is Cc1c(C(=O)NC2CCC(F)(F)CC2)nc(-c2ccc(Cl)cc2Cl)n1-c1ccc(OCc2ccccc2)cc1. The number of nitrogens with zero attached hydrogens (tertiary/aromatic N) is 2. The van der Waals surface area contributed by atoms with Crippen molar-refractivity contribution in [2.45, 2.75) is 51.2 Å². The predicted octanol–water partition coefficient (Wildman–Crippen LogP) is 8.04. The number of carbonyl (C=O) groups is 1. The number of benzene rings is 3. The van der Waals surface area contributed by atoms with E-state index in [4.69, 9.17) is 27.9 Å². The fourth-order valence-corrected chi connectivity index (χ4v) is 5.25. The van der Waals surface area contributed by atoms with Crippen molar-refractivity contribution in [3.63, 3.8) is 0 Å². The average molecular weight is 570 g/mol. The van der Waals surface area contributed by atoms with Crippen LogP contribution in [0.25, 0.3) is 17.1 Å². The highest BCUT2D eigenvalue weighted by Crippen LogP contribution is 2.35. The molecule has 3 aromatic carbocycles. The van der Waals surface area contributed by atoms with Crippen molar-refractivity contribution in [1.82, 2.24) is 14.9 Å². The van der Waals surface area contributed by atoms with Gasteiger partial charge in [-0.3, -0.25) is 9.36 Å². The molecule has 1 fully saturated rings. The molecule has 0 unspecified atom stereocenters. The van der Waals surface area contributed by atoms with Gasteiger partial charge in [-0.15, -0.1) is 0 Å². The summed E-state index contributed by atoms with van der Waals surface area (Å²) in [5, 5.41) is 3.76. The van der Waals surface area contributed by atoms with Crippen LogP contribution in [0.1, 0.15) is 47.4 Å². The summed E-state index contributed by atoms with van der Waals surface area (Å²) < 4.78 is 35.0. The molecule has 4 aromatic rings. The summed E-state index contributed by atoms with van der Waals surface area (Å²) in [6.07, 6.45) is -0.0387. The molecule has 0 atom stereocenters. The summed E-state index contributed by atoms with van der Waals surface area (Å²) in [6, 6.07) is 22.1. The highest BCUT2D eigenvalue weighted by atomic mass is 35.5. The molecule has 5 rings (SSSR count). The lowest BCUT2D eigenvalue weighted by atomic mass is 9.92. The second-order valence-electron chi connectivity index (χ2n) is 9.70. The molecule has 0 bridgehead atoms. The molecule has 1 saturated carbocycles. The molecular formula is C30H27Cl2F2N3O2. The first kappa shape index (κ1) is 27.2. The van der Waals surface area contributed by atoms with Crippen molar-refractivity contribution in [3.05, 3.63) is 99.8 Å². The van der Waals surface area contributed by atoms with Crippen molar-refractivity contribution in [3.8, 4) is 22.8 Å². The van der Waals surface area contributed by atoms with Gasteiger partial charge in [0, 0.05) is 35.2 Å². The smallest absolute Gasteiger partial charge is 0.272 e. The summed E-state index contributed by atoms with van der Waals surface area (Å²) in [7, 11) is 0. The van der Waals surface area contributed by atoms with Crippen LogP contribution in [0.5, 0.6) is 5.75 Å². The molecule has 1 amide bonds. The summed E-state index contributed by atoms with van der Waals surface area (Å²) in [5.41, 5.74) is 3.21. The molecular weight excluding hydrogens is 543 g/mol. The van der Waals surface area contributed by atoms with Crippen molar-refractivity contribution >= 4 is 29.1 Å². The molecule has 1 aromatic heterocycles. The summed E-state index contributed by atoms with van der Waals surface area (Å²) in [4.78, 5) is 18.0. The van der Waals surface area contributed by atoms with E-state index in [1.54, 1.807) is 25.1 Å². The number of aromatic nitrogens is 2. The third-order valence-corrected chi connectivity index (χ3v) is 7.44. The predicted molar refractivity (Wildman–Crippen MR) is 149 cm³/mol. The second kappa shape index (κ2) is 11.4. The number of hydrogen-bond donors (Lipinski definition) is 1. The van der Waals surface area contributed by atoms with Gasteiger partial charge in [-0.05, 0) is 67.8 Å². The molecule has 1 aliphatic carbocycles. The van der Waals surface area contributed by atoms with Gasteiger partial charge in [-0.25, -0.2) is 13.8 Å². The minimum Gasteiger partial charge on any atom is -0.489 e. The molecule has 0 radical (unpaired) electrons. The van der Waals surface area contributed by atoms with Gasteiger partial charge in [0.2, 0.25) is 5.92 Å². The highest BCUT2D eigenvalue weighted by molar-refractivity contribution is 6.36. The lowest BCUT2D eigenvalue weighted by Gasteiger charge is -2.28. The van der Waals surface area contributed by atoms with E-state index in [0.717, 1.165) is 11.3 Å². The number of ether oxygens (including phenoxy) is 1. The van der Waals surface area contributed by atoms with E-state index >= 15 is 0 Å². The standard InChI is InChI=1S/C30H27Cl2F2N3O2/c1-19-27(29(38)35-22-13-15-30(33,34)16-14-22)36-28(25-12-7-21(31)17-26(25)32)37(19)23-8-10-24(11-9-23)39-18-20-5-3-2-4-6-20/h2-12,17,22H,13-16,18H2,1H3,(H,35,38). The Morgan fingerprint density at radius 2 is 1.74 bits per heavy atom. The Balaban J connectivity index is 1.45. The molecule has 202 valence electrons. The van der Waals surface area contributed by atoms with Gasteiger partial charge in [0.15, 0.2) is 0 Å². The number of alkyl halides is 2. The first-order valence-electron chi connectivity index (χ1n) is 12.7. The fourth-order valence-electron chi connectivity index (χ4n) is 4.75. The Bertz CT molecular complexity index is 1460. The zero-order valence-electron chi connectivity index (χ0n) is 21.3. The number of halogens is 4. The highest BCUT2D eigenvalue weighted by Gasteiger charge is 2.36. The van der Waals surface area contributed by atoms with Crippen LogP contribution >= 0.6 is 23.2 Å². The lowest BCUT2D eigenvalue weighted by molar-refractivity contribution is -0.0399. The minimum absolute atomic E-state index is 0.206. The Hall–Kier alpha value is -3.42. The maximum atomic E-state index is 13.6. The van der Waals surface area contributed by atoms with Gasteiger partial charge in [-0.1, -0.05) is 53.5 Å². The van der Waals surface area contributed by atoms with Gasteiger partial charge in [0.25, 0.3) is 5.91 Å². The number of imidazole rings is 1. The van der Waals surface area contributed by atoms with Crippen LogP contribution in [0, 0.1) is 6.92 Å². The van der Waals surface area contributed by atoms with Crippen molar-refractivity contribution in [1.29, 1.82) is 0 Å². The molecule has 0 aliphatic heterocycles. The number of carbonyl (C=O) groups excluding carboxylic acids is 1. The lowest BCUT2D eigenvalue weighted by Crippen LogP contribution is -2.40. The topological polar surface area (TPSA) is 56.2 Å².